The predicted octanol–water partition coefficient (Wildman–Crippen LogP) is 5.48. The first-order valence-corrected chi connectivity index (χ1v) is 23.4. The lowest BCUT2D eigenvalue weighted by Gasteiger charge is -2.55. The molecule has 5 rings (SSSR count). The number of carbonyl (C=O) groups excluding carboxylic acids is 3. The number of rotatable bonds is 17. The van der Waals surface area contributed by atoms with Gasteiger partial charge in [-0.1, -0.05) is 34.6 Å². The number of fused-ring (bicyclic) bond motifs is 1. The van der Waals surface area contributed by atoms with Crippen LogP contribution >= 0.6 is 7.37 Å². The smallest absolute Gasteiger partial charge is 0.257 e. The van der Waals surface area contributed by atoms with Crippen LogP contribution in [0.5, 0.6) is 0 Å². The molecule has 5 saturated heterocycles. The van der Waals surface area contributed by atoms with E-state index < -0.39 is 31.6 Å². The topological polar surface area (TPSA) is 137 Å². The largest absolute Gasteiger partial charge is 0.353 e. The minimum atomic E-state index is -3.26. The lowest BCUT2D eigenvalue weighted by atomic mass is 9.84. The molecule has 0 N–H and O–H groups in total. The van der Waals surface area contributed by atoms with Crippen LogP contribution in [-0.4, -0.2) is 146 Å². The Balaban J connectivity index is 1.26. The summed E-state index contributed by atoms with van der Waals surface area (Å²) in [6, 6.07) is -0.801. The lowest BCUT2D eigenvalue weighted by Crippen LogP contribution is -2.75. The van der Waals surface area contributed by atoms with Crippen LogP contribution in [0.4, 0.5) is 0 Å². The van der Waals surface area contributed by atoms with Gasteiger partial charge in [-0.2, -0.15) is 5.06 Å². The van der Waals surface area contributed by atoms with Crippen molar-refractivity contribution in [3.8, 4) is 0 Å². The molecule has 0 aromatic carbocycles. The molecule has 5 fully saturated rings. The van der Waals surface area contributed by atoms with Gasteiger partial charge in [0.25, 0.3) is 11.8 Å². The molecule has 316 valence electrons. The number of piperidine rings is 1. The summed E-state index contributed by atoms with van der Waals surface area (Å²) in [7, 11) is -3.26. The summed E-state index contributed by atoms with van der Waals surface area (Å²) in [5, 5.41) is 1.26. The first-order valence-electron chi connectivity index (χ1n) is 21.2. The normalized spacial score (nSPS) is 29.4. The fourth-order valence-corrected chi connectivity index (χ4v) is 9.78. The molecule has 0 saturated carbocycles. The van der Waals surface area contributed by atoms with Gasteiger partial charge in [-0.05, 0) is 95.4 Å². The van der Waals surface area contributed by atoms with Crippen LogP contribution in [0.15, 0.2) is 0 Å². The van der Waals surface area contributed by atoms with Gasteiger partial charge < -0.3 is 38.2 Å². The highest BCUT2D eigenvalue weighted by Crippen LogP contribution is 2.44. The number of hydrogen-bond donors (Lipinski definition) is 0. The summed E-state index contributed by atoms with van der Waals surface area (Å²) in [6.07, 6.45) is 7.17. The highest BCUT2D eigenvalue weighted by molar-refractivity contribution is 7.59. The SMILES string of the molecule is CCOP(C)(=O)CC(=O)N1O[C@H](CC(C)C)C(=O)N2[C@@H]1CN(C1CCN(CCC(COC3CCCCO3)COC3CCCCO3)CC1)C(=O)[C@@H]2CC(C)(C)C. The fourth-order valence-electron chi connectivity index (χ4n) is 8.51. The third kappa shape index (κ3) is 12.9. The van der Waals surface area contributed by atoms with Gasteiger partial charge in [0.2, 0.25) is 13.3 Å². The van der Waals surface area contributed by atoms with Crippen molar-refractivity contribution >= 4 is 25.1 Å². The molecule has 3 unspecified atom stereocenters. The van der Waals surface area contributed by atoms with Crippen molar-refractivity contribution in [1.82, 2.24) is 19.8 Å². The van der Waals surface area contributed by atoms with Gasteiger partial charge in [0.05, 0.1) is 26.4 Å². The summed E-state index contributed by atoms with van der Waals surface area (Å²) in [6.45, 7) is 18.9. The Labute approximate surface area is 329 Å². The van der Waals surface area contributed by atoms with Crippen molar-refractivity contribution in [2.24, 2.45) is 17.3 Å². The number of carbonyl (C=O) groups is 3. The number of hydroxylamine groups is 2. The maximum absolute atomic E-state index is 14.6. The van der Waals surface area contributed by atoms with E-state index in [1.807, 2.05) is 18.7 Å². The second-order valence-corrected chi connectivity index (χ2v) is 20.6. The van der Waals surface area contributed by atoms with Crippen molar-refractivity contribution in [3.63, 3.8) is 0 Å². The number of hydrogen-bond acceptors (Lipinski definition) is 11. The van der Waals surface area contributed by atoms with E-state index in [9.17, 15) is 18.9 Å². The monoisotopic (exact) mass is 798 g/mol. The third-order valence-electron chi connectivity index (χ3n) is 11.4. The van der Waals surface area contributed by atoms with E-state index in [0.717, 1.165) is 90.6 Å². The maximum atomic E-state index is 14.6. The quantitative estimate of drug-likeness (QED) is 0.173. The summed E-state index contributed by atoms with van der Waals surface area (Å²) >= 11 is 0. The highest BCUT2D eigenvalue weighted by Gasteiger charge is 2.55. The minimum absolute atomic E-state index is 0.0520. The van der Waals surface area contributed by atoms with E-state index >= 15 is 0 Å². The second-order valence-electron chi connectivity index (χ2n) is 18.0. The van der Waals surface area contributed by atoms with E-state index in [2.05, 4.69) is 25.7 Å². The van der Waals surface area contributed by atoms with Gasteiger partial charge in [0, 0.05) is 44.9 Å². The Bertz CT molecular complexity index is 1270. The van der Waals surface area contributed by atoms with Crippen molar-refractivity contribution in [2.45, 2.75) is 149 Å². The Morgan fingerprint density at radius 1 is 0.927 bits per heavy atom. The van der Waals surface area contributed by atoms with E-state index in [1.165, 1.54) is 11.7 Å². The lowest BCUT2D eigenvalue weighted by molar-refractivity contribution is -0.277. The molecule has 3 amide bonds. The zero-order valence-corrected chi connectivity index (χ0v) is 35.7. The van der Waals surface area contributed by atoms with E-state index in [0.29, 0.717) is 26.1 Å². The van der Waals surface area contributed by atoms with E-state index in [1.54, 1.807) is 11.8 Å². The summed E-state index contributed by atoms with van der Waals surface area (Å²) < 4.78 is 42.8. The van der Waals surface area contributed by atoms with Crippen LogP contribution in [0.3, 0.4) is 0 Å². The number of amides is 3. The first kappa shape index (κ1) is 44.5. The van der Waals surface area contributed by atoms with Gasteiger partial charge in [-0.3, -0.25) is 23.8 Å². The van der Waals surface area contributed by atoms with Crippen LogP contribution in [-0.2, 0) is 47.3 Å². The van der Waals surface area contributed by atoms with Gasteiger partial charge in [0.1, 0.15) is 12.2 Å². The van der Waals surface area contributed by atoms with Crippen molar-refractivity contribution in [2.75, 3.05) is 72.0 Å². The molecular formula is C40H71N4O10P. The van der Waals surface area contributed by atoms with E-state index in [-0.39, 0.29) is 67.0 Å². The molecule has 6 atom stereocenters. The summed E-state index contributed by atoms with van der Waals surface area (Å²) in [5.41, 5.74) is -0.275. The average Bonchev–Trinajstić information content (AvgIpc) is 3.13. The Kier molecular flexibility index (Phi) is 16.5. The molecule has 0 radical (unpaired) electrons. The molecule has 5 aliphatic rings. The number of piperazine rings is 1. The number of likely N-dealkylation sites (tertiary alicyclic amines) is 1. The van der Waals surface area contributed by atoms with Gasteiger partial charge in [0.15, 0.2) is 24.8 Å². The molecule has 0 spiro atoms. The van der Waals surface area contributed by atoms with Gasteiger partial charge in [-0.15, -0.1) is 0 Å². The number of ether oxygens (including phenoxy) is 4. The molecule has 5 aliphatic heterocycles. The molecule has 55 heavy (non-hydrogen) atoms. The molecule has 0 aromatic heterocycles. The molecule has 5 heterocycles. The standard InChI is InChI=1S/C40H71N4O10P/c1-8-53-55(7,48)28-35(45)44-34-25-42(38(46)32(24-40(4,5)6)43(34)39(47)33(54-44)23-29(2)3)31-16-19-41(20-17-31)18-15-30(26-51-36-13-9-11-21-49-36)27-52-37-14-10-12-22-50-37/h29-34,36-37H,8-28H2,1-7H3/t30?,32-,33+,34-,36?,37?,55?/m0/s1. The molecule has 0 aliphatic carbocycles. The summed E-state index contributed by atoms with van der Waals surface area (Å²) in [5.74, 6) is -0.526. The van der Waals surface area contributed by atoms with Crippen molar-refractivity contribution in [1.29, 1.82) is 0 Å². The van der Waals surface area contributed by atoms with Crippen molar-refractivity contribution < 1.29 is 47.3 Å². The number of nitrogens with zero attached hydrogens (tertiary/aromatic N) is 4. The molecule has 0 bridgehead atoms. The van der Waals surface area contributed by atoms with Gasteiger partial charge in [-0.25, -0.2) is 0 Å². The molecule has 14 nitrogen and oxygen atoms in total. The van der Waals surface area contributed by atoms with Gasteiger partial charge >= 0.3 is 0 Å². The zero-order chi connectivity index (χ0) is 39.8. The zero-order valence-electron chi connectivity index (χ0n) is 34.8. The van der Waals surface area contributed by atoms with E-state index in [4.69, 9.17) is 28.3 Å². The maximum Gasteiger partial charge on any atom is 0.257 e. The highest BCUT2D eigenvalue weighted by atomic mass is 31.2. The minimum Gasteiger partial charge on any atom is -0.353 e. The molecule has 15 heteroatoms. The Hall–Kier alpha value is -1.64. The first-order chi connectivity index (χ1) is 26.1. The fraction of sp³-hybridized carbons (Fsp3) is 0.925. The average molecular weight is 799 g/mol. The van der Waals surface area contributed by atoms with Crippen LogP contribution in [0.1, 0.15) is 112 Å². The Morgan fingerprint density at radius 2 is 1.55 bits per heavy atom. The van der Waals surface area contributed by atoms with Crippen molar-refractivity contribution in [3.05, 3.63) is 0 Å². The third-order valence-corrected chi connectivity index (χ3v) is 13.0. The summed E-state index contributed by atoms with van der Waals surface area (Å²) in [4.78, 5) is 54.9. The second kappa shape index (κ2) is 20.4. The van der Waals surface area contributed by atoms with Crippen LogP contribution < -0.4 is 0 Å². The molecular weight excluding hydrogens is 727 g/mol. The molecule has 0 aromatic rings. The predicted molar refractivity (Wildman–Crippen MR) is 208 cm³/mol. The van der Waals surface area contributed by atoms with Crippen LogP contribution in [0.2, 0.25) is 0 Å². The van der Waals surface area contributed by atoms with Crippen LogP contribution in [0.25, 0.3) is 0 Å². The van der Waals surface area contributed by atoms with Crippen LogP contribution in [0, 0.1) is 17.3 Å². The Morgan fingerprint density at radius 3 is 2.07 bits per heavy atom.